The van der Waals surface area contributed by atoms with Crippen molar-refractivity contribution in [2.75, 3.05) is 13.1 Å². The van der Waals surface area contributed by atoms with Crippen molar-refractivity contribution in [3.05, 3.63) is 29.8 Å². The predicted octanol–water partition coefficient (Wildman–Crippen LogP) is 3.66. The van der Waals surface area contributed by atoms with Crippen molar-refractivity contribution < 1.29 is 13.5 Å². The standard InChI is InChI=1S/C15H21F2NO/c1-2-9-18-10-8-15(6-3-7-15)19-14-5-4-12(16)11-13(14)17/h4-5,11,18H,2-3,6-10H2,1H3. The van der Waals surface area contributed by atoms with Crippen LogP contribution in [0.2, 0.25) is 0 Å². The fourth-order valence-corrected chi connectivity index (χ4v) is 2.38. The molecule has 0 spiro atoms. The molecular weight excluding hydrogens is 248 g/mol. The van der Waals surface area contributed by atoms with E-state index in [4.69, 9.17) is 4.74 Å². The van der Waals surface area contributed by atoms with Crippen molar-refractivity contribution in [2.45, 2.75) is 44.6 Å². The molecule has 0 aliphatic heterocycles. The smallest absolute Gasteiger partial charge is 0.168 e. The molecule has 1 saturated carbocycles. The summed E-state index contributed by atoms with van der Waals surface area (Å²) in [6.45, 7) is 3.98. The Balaban J connectivity index is 1.94. The molecule has 1 aromatic carbocycles. The highest BCUT2D eigenvalue weighted by Crippen LogP contribution is 2.39. The van der Waals surface area contributed by atoms with Gasteiger partial charge < -0.3 is 10.1 Å². The van der Waals surface area contributed by atoms with Crippen LogP contribution in [0, 0.1) is 11.6 Å². The fourth-order valence-electron chi connectivity index (χ4n) is 2.38. The van der Waals surface area contributed by atoms with Crippen LogP contribution in [0.15, 0.2) is 18.2 Å². The molecule has 0 bridgehead atoms. The molecule has 1 aliphatic rings. The third-order valence-corrected chi connectivity index (χ3v) is 3.67. The Kier molecular flexibility index (Phi) is 4.75. The summed E-state index contributed by atoms with van der Waals surface area (Å²) in [7, 11) is 0. The Hall–Kier alpha value is -1.16. The van der Waals surface area contributed by atoms with Crippen LogP contribution in [0.1, 0.15) is 39.0 Å². The van der Waals surface area contributed by atoms with Gasteiger partial charge >= 0.3 is 0 Å². The van der Waals surface area contributed by atoms with Crippen LogP contribution in [0.5, 0.6) is 5.75 Å². The second kappa shape index (κ2) is 6.33. The summed E-state index contributed by atoms with van der Waals surface area (Å²) in [5, 5.41) is 3.33. The van der Waals surface area contributed by atoms with Gasteiger partial charge in [0.25, 0.3) is 0 Å². The summed E-state index contributed by atoms with van der Waals surface area (Å²) in [6, 6.07) is 3.49. The fraction of sp³-hybridized carbons (Fsp3) is 0.600. The molecule has 0 saturated heterocycles. The van der Waals surface area contributed by atoms with Gasteiger partial charge in [0, 0.05) is 6.07 Å². The molecule has 0 aromatic heterocycles. The van der Waals surface area contributed by atoms with E-state index in [1.165, 1.54) is 12.1 Å². The Bertz CT molecular complexity index is 419. The van der Waals surface area contributed by atoms with Crippen LogP contribution >= 0.6 is 0 Å². The average Bonchev–Trinajstić information content (AvgIpc) is 2.34. The van der Waals surface area contributed by atoms with Gasteiger partial charge in [0.15, 0.2) is 11.6 Å². The molecule has 0 radical (unpaired) electrons. The van der Waals surface area contributed by atoms with E-state index in [1.54, 1.807) is 0 Å². The van der Waals surface area contributed by atoms with Crippen molar-refractivity contribution in [2.24, 2.45) is 0 Å². The molecule has 1 fully saturated rings. The van der Waals surface area contributed by atoms with E-state index in [0.717, 1.165) is 51.3 Å². The highest BCUT2D eigenvalue weighted by atomic mass is 19.1. The summed E-state index contributed by atoms with van der Waals surface area (Å²) < 4.78 is 32.3. The van der Waals surface area contributed by atoms with Gasteiger partial charge in [-0.2, -0.15) is 0 Å². The van der Waals surface area contributed by atoms with Gasteiger partial charge in [0.2, 0.25) is 0 Å². The molecule has 1 aromatic rings. The van der Waals surface area contributed by atoms with Crippen LogP contribution < -0.4 is 10.1 Å². The Labute approximate surface area is 113 Å². The summed E-state index contributed by atoms with van der Waals surface area (Å²) in [5.74, 6) is -1.03. The number of rotatable bonds is 7. The van der Waals surface area contributed by atoms with Gasteiger partial charge in [0.05, 0.1) is 0 Å². The maximum Gasteiger partial charge on any atom is 0.168 e. The number of hydrogen-bond acceptors (Lipinski definition) is 2. The maximum absolute atomic E-state index is 13.6. The largest absolute Gasteiger partial charge is 0.484 e. The quantitative estimate of drug-likeness (QED) is 0.763. The van der Waals surface area contributed by atoms with Crippen LogP contribution in [-0.4, -0.2) is 18.7 Å². The summed E-state index contributed by atoms with van der Waals surface area (Å²) in [4.78, 5) is 0. The van der Waals surface area contributed by atoms with Crippen molar-refractivity contribution >= 4 is 0 Å². The van der Waals surface area contributed by atoms with Crippen molar-refractivity contribution in [1.82, 2.24) is 5.32 Å². The minimum atomic E-state index is -0.618. The molecule has 1 N–H and O–H groups in total. The topological polar surface area (TPSA) is 21.3 Å². The summed E-state index contributed by atoms with van der Waals surface area (Å²) >= 11 is 0. The Morgan fingerprint density at radius 3 is 2.63 bits per heavy atom. The van der Waals surface area contributed by atoms with Crippen molar-refractivity contribution in [3.8, 4) is 5.75 Å². The molecule has 1 aliphatic carbocycles. The maximum atomic E-state index is 13.6. The zero-order chi connectivity index (χ0) is 13.7. The van der Waals surface area contributed by atoms with Gasteiger partial charge in [-0.3, -0.25) is 0 Å². The van der Waals surface area contributed by atoms with Gasteiger partial charge in [-0.15, -0.1) is 0 Å². The third-order valence-electron chi connectivity index (χ3n) is 3.67. The molecule has 0 heterocycles. The van der Waals surface area contributed by atoms with Gasteiger partial charge in [-0.1, -0.05) is 6.92 Å². The first-order chi connectivity index (χ1) is 9.15. The Morgan fingerprint density at radius 1 is 1.26 bits per heavy atom. The summed E-state index contributed by atoms with van der Waals surface area (Å²) in [6.07, 6.45) is 4.95. The lowest BCUT2D eigenvalue weighted by atomic mass is 9.77. The number of nitrogens with one attached hydrogen (secondary N) is 1. The van der Waals surface area contributed by atoms with E-state index in [1.807, 2.05) is 0 Å². The number of halogens is 2. The van der Waals surface area contributed by atoms with E-state index in [-0.39, 0.29) is 11.4 Å². The lowest BCUT2D eigenvalue weighted by Gasteiger charge is -2.42. The molecule has 0 atom stereocenters. The average molecular weight is 269 g/mol. The van der Waals surface area contributed by atoms with Gasteiger partial charge in [-0.05, 0) is 57.3 Å². The minimum absolute atomic E-state index is 0.164. The lowest BCUT2D eigenvalue weighted by Crippen LogP contribution is -2.45. The summed E-state index contributed by atoms with van der Waals surface area (Å²) in [5.41, 5.74) is -0.264. The van der Waals surface area contributed by atoms with E-state index in [9.17, 15) is 8.78 Å². The molecule has 2 rings (SSSR count). The number of ether oxygens (including phenoxy) is 1. The van der Waals surface area contributed by atoms with E-state index < -0.39 is 11.6 Å². The number of benzene rings is 1. The molecule has 19 heavy (non-hydrogen) atoms. The molecule has 0 amide bonds. The zero-order valence-corrected chi connectivity index (χ0v) is 11.3. The number of hydrogen-bond donors (Lipinski definition) is 1. The van der Waals surface area contributed by atoms with Crippen LogP contribution in [0.25, 0.3) is 0 Å². The lowest BCUT2D eigenvalue weighted by molar-refractivity contribution is -0.0172. The van der Waals surface area contributed by atoms with E-state index >= 15 is 0 Å². The minimum Gasteiger partial charge on any atom is -0.484 e. The normalized spacial score (nSPS) is 17.0. The SMILES string of the molecule is CCCNCCC1(Oc2ccc(F)cc2F)CCC1. The molecule has 106 valence electrons. The zero-order valence-electron chi connectivity index (χ0n) is 11.3. The monoisotopic (exact) mass is 269 g/mol. The first-order valence-electron chi connectivity index (χ1n) is 7.00. The molecular formula is C15H21F2NO. The highest BCUT2D eigenvalue weighted by Gasteiger charge is 2.39. The van der Waals surface area contributed by atoms with Gasteiger partial charge in [-0.25, -0.2) is 8.78 Å². The van der Waals surface area contributed by atoms with Crippen LogP contribution in [0.3, 0.4) is 0 Å². The first kappa shape index (κ1) is 14.3. The van der Waals surface area contributed by atoms with E-state index in [0.29, 0.717) is 0 Å². The highest BCUT2D eigenvalue weighted by molar-refractivity contribution is 5.26. The Morgan fingerprint density at radius 2 is 2.05 bits per heavy atom. The van der Waals surface area contributed by atoms with E-state index in [2.05, 4.69) is 12.2 Å². The van der Waals surface area contributed by atoms with Crippen molar-refractivity contribution in [3.63, 3.8) is 0 Å². The van der Waals surface area contributed by atoms with Gasteiger partial charge in [0.1, 0.15) is 11.4 Å². The third kappa shape index (κ3) is 3.66. The molecule has 0 unspecified atom stereocenters. The van der Waals surface area contributed by atoms with Crippen LogP contribution in [0.4, 0.5) is 8.78 Å². The first-order valence-corrected chi connectivity index (χ1v) is 7.00. The second-order valence-electron chi connectivity index (χ2n) is 5.21. The predicted molar refractivity (Wildman–Crippen MR) is 71.3 cm³/mol. The second-order valence-corrected chi connectivity index (χ2v) is 5.21. The molecule has 2 nitrogen and oxygen atoms in total. The van der Waals surface area contributed by atoms with Crippen LogP contribution in [-0.2, 0) is 0 Å². The molecule has 4 heteroatoms. The van der Waals surface area contributed by atoms with Crippen molar-refractivity contribution in [1.29, 1.82) is 0 Å².